The van der Waals surface area contributed by atoms with Crippen LogP contribution in [0.15, 0.2) is 246 Å². The van der Waals surface area contributed by atoms with Crippen LogP contribution in [0.1, 0.15) is 17.9 Å². The summed E-state index contributed by atoms with van der Waals surface area (Å²) in [4.78, 5) is 5.14. The lowest BCUT2D eigenvalue weighted by Crippen LogP contribution is -2.10. The summed E-state index contributed by atoms with van der Waals surface area (Å²) in [6.07, 6.45) is 5.68. The van der Waals surface area contributed by atoms with Crippen LogP contribution in [0.2, 0.25) is 0 Å². The number of nitrogens with zero attached hydrogens (tertiary/aromatic N) is 2. The lowest BCUT2D eigenvalue weighted by atomic mass is 9.90. The Bertz CT molecular complexity index is 3270. The molecule has 0 saturated heterocycles. The number of hydrogen-bond acceptors (Lipinski definition) is 2. The highest BCUT2D eigenvalue weighted by molar-refractivity contribution is 8.03. The van der Waals surface area contributed by atoms with E-state index in [0.29, 0.717) is 0 Å². The molecule has 0 fully saturated rings. The van der Waals surface area contributed by atoms with E-state index < -0.39 is 0 Å². The first kappa shape index (κ1) is 37.2. The Balaban J connectivity index is 0.918. The van der Waals surface area contributed by atoms with E-state index in [2.05, 4.69) is 246 Å². The molecule has 1 unspecified atom stereocenters. The Kier molecular flexibility index (Phi) is 9.27. The maximum atomic E-state index is 2.54. The molecule has 9 aromatic carbocycles. The molecule has 3 heteroatoms. The molecule has 10 aromatic rings. The van der Waals surface area contributed by atoms with Gasteiger partial charge < -0.3 is 9.47 Å². The van der Waals surface area contributed by atoms with Crippen molar-refractivity contribution in [2.45, 2.75) is 17.2 Å². The van der Waals surface area contributed by atoms with E-state index in [1.54, 1.807) is 0 Å². The van der Waals surface area contributed by atoms with E-state index in [1.807, 2.05) is 11.8 Å². The number of rotatable bonds is 8. The molecule has 1 atom stereocenters. The summed E-state index contributed by atoms with van der Waals surface area (Å²) in [5.74, 6) is 0.288. The van der Waals surface area contributed by atoms with Gasteiger partial charge in [-0.05, 0) is 128 Å². The van der Waals surface area contributed by atoms with E-state index in [0.717, 1.165) is 23.5 Å². The molecule has 0 saturated carbocycles. The zero-order valence-corrected chi connectivity index (χ0v) is 35.4. The molecule has 298 valence electrons. The fourth-order valence-corrected chi connectivity index (χ4v) is 10.9. The van der Waals surface area contributed by atoms with Crippen LogP contribution in [0.5, 0.6) is 0 Å². The van der Waals surface area contributed by atoms with Gasteiger partial charge in [-0.25, -0.2) is 0 Å². The predicted octanol–water partition coefficient (Wildman–Crippen LogP) is 17.0. The predicted molar refractivity (Wildman–Crippen MR) is 268 cm³/mol. The van der Waals surface area contributed by atoms with Crippen molar-refractivity contribution in [1.29, 1.82) is 0 Å². The van der Waals surface area contributed by atoms with Crippen LogP contribution in [-0.4, -0.2) is 4.57 Å². The average Bonchev–Trinajstić information content (AvgIpc) is 3.89. The first-order valence-electron chi connectivity index (χ1n) is 21.7. The summed E-state index contributed by atoms with van der Waals surface area (Å²) in [6.45, 7) is 0. The monoisotopic (exact) mass is 822 g/mol. The van der Waals surface area contributed by atoms with E-state index in [4.69, 9.17) is 0 Å². The van der Waals surface area contributed by atoms with E-state index >= 15 is 0 Å². The molecular formula is C60H42N2S. The third-order valence-corrected chi connectivity index (χ3v) is 14.0. The number of hydrogen-bond donors (Lipinski definition) is 0. The minimum Gasteiger partial charge on any atom is -0.313 e. The molecule has 0 radical (unpaired) electrons. The van der Waals surface area contributed by atoms with E-state index in [9.17, 15) is 0 Å². The van der Waals surface area contributed by atoms with Crippen LogP contribution in [0.25, 0.3) is 72.0 Å². The molecule has 1 aromatic heterocycles. The molecule has 63 heavy (non-hydrogen) atoms. The maximum Gasteiger partial charge on any atom is 0.0544 e. The van der Waals surface area contributed by atoms with Crippen molar-refractivity contribution in [3.63, 3.8) is 0 Å². The van der Waals surface area contributed by atoms with Gasteiger partial charge in [-0.1, -0.05) is 182 Å². The molecule has 1 aliphatic carbocycles. The minimum absolute atomic E-state index is 0.288. The lowest BCUT2D eigenvalue weighted by Gasteiger charge is -2.27. The van der Waals surface area contributed by atoms with Gasteiger partial charge in [0.25, 0.3) is 0 Å². The highest BCUT2D eigenvalue weighted by Crippen LogP contribution is 2.55. The fraction of sp³-hybridized carbons (Fsp3) is 0.0333. The van der Waals surface area contributed by atoms with Crippen LogP contribution in [0.4, 0.5) is 17.1 Å². The van der Waals surface area contributed by atoms with Gasteiger partial charge in [0, 0.05) is 44.3 Å². The lowest BCUT2D eigenvalue weighted by molar-refractivity contribution is 0.823. The maximum absolute atomic E-state index is 2.54. The van der Waals surface area contributed by atoms with Crippen molar-refractivity contribution in [1.82, 2.24) is 4.57 Å². The van der Waals surface area contributed by atoms with Crippen molar-refractivity contribution in [3.05, 3.63) is 247 Å². The zero-order valence-electron chi connectivity index (χ0n) is 34.6. The second-order valence-electron chi connectivity index (χ2n) is 16.5. The average molecular weight is 823 g/mol. The summed E-state index contributed by atoms with van der Waals surface area (Å²) in [5.41, 5.74) is 18.4. The Morgan fingerprint density at radius 3 is 1.43 bits per heavy atom. The van der Waals surface area contributed by atoms with Crippen LogP contribution < -0.4 is 4.90 Å². The normalized spacial score (nSPS) is 14.3. The number of thioether (sulfide) groups is 1. The van der Waals surface area contributed by atoms with Gasteiger partial charge in [-0.2, -0.15) is 0 Å². The van der Waals surface area contributed by atoms with Gasteiger partial charge in [0.1, 0.15) is 0 Å². The van der Waals surface area contributed by atoms with Crippen LogP contribution in [0.3, 0.4) is 0 Å². The van der Waals surface area contributed by atoms with Gasteiger partial charge in [0.15, 0.2) is 0 Å². The van der Waals surface area contributed by atoms with E-state index in [1.165, 1.54) is 87.4 Å². The largest absolute Gasteiger partial charge is 0.313 e. The summed E-state index contributed by atoms with van der Waals surface area (Å²) in [7, 11) is 0. The van der Waals surface area contributed by atoms with E-state index in [-0.39, 0.29) is 5.92 Å². The number of fused-ring (bicyclic) bond motifs is 6. The highest BCUT2D eigenvalue weighted by Gasteiger charge is 2.33. The topological polar surface area (TPSA) is 8.17 Å². The van der Waals surface area contributed by atoms with Crippen LogP contribution in [-0.2, 0) is 0 Å². The quantitative estimate of drug-likeness (QED) is 0.151. The smallest absolute Gasteiger partial charge is 0.0544 e. The van der Waals surface area contributed by atoms with Crippen molar-refractivity contribution < 1.29 is 0 Å². The molecule has 0 amide bonds. The van der Waals surface area contributed by atoms with Gasteiger partial charge >= 0.3 is 0 Å². The second kappa shape index (κ2) is 15.7. The summed E-state index contributed by atoms with van der Waals surface area (Å²) < 4.78 is 2.54. The van der Waals surface area contributed by atoms with Gasteiger partial charge in [0.05, 0.1) is 11.0 Å². The van der Waals surface area contributed by atoms with Crippen molar-refractivity contribution in [2.75, 3.05) is 4.90 Å². The summed E-state index contributed by atoms with van der Waals surface area (Å²) >= 11 is 1.93. The molecule has 0 spiro atoms. The Morgan fingerprint density at radius 2 is 0.857 bits per heavy atom. The van der Waals surface area contributed by atoms with Gasteiger partial charge in [-0.3, -0.25) is 0 Å². The van der Waals surface area contributed by atoms with Crippen molar-refractivity contribution in [2.24, 2.45) is 0 Å². The van der Waals surface area contributed by atoms with Crippen LogP contribution in [0, 0.1) is 0 Å². The molecule has 1 aliphatic heterocycles. The fourth-order valence-electron chi connectivity index (χ4n) is 9.64. The zero-order chi connectivity index (χ0) is 41.7. The molecule has 2 nitrogen and oxygen atoms in total. The number of allylic oxidation sites excluding steroid dienone is 4. The standard InChI is InChI=1S/C60H42N2S/c1-5-13-41(14-6-1)45-21-27-49(28-22-45)61(50-29-23-46(24-30-50)42-15-7-2-8-16-42)52-31-34-54-56-39-51(32-36-59(56)63-60(54)40-52)62-57-35-26-47(43-17-9-3-10-18-43)37-55(57)53-33-25-48(38-58(53)62)44-19-11-4-12-20-44/h1-38,40,56H,39H2. The molecule has 12 rings (SSSR count). The summed E-state index contributed by atoms with van der Waals surface area (Å²) in [5, 5.41) is 2.55. The molecule has 2 heterocycles. The Morgan fingerprint density at radius 1 is 0.381 bits per heavy atom. The molecule has 0 N–H and O–H groups in total. The molecule has 2 aliphatic rings. The van der Waals surface area contributed by atoms with Crippen LogP contribution >= 0.6 is 11.8 Å². The Hall–Kier alpha value is -7.59. The number of benzene rings is 9. The van der Waals surface area contributed by atoms with Crippen molar-refractivity contribution in [3.8, 4) is 44.5 Å². The minimum atomic E-state index is 0.288. The first-order valence-corrected chi connectivity index (χ1v) is 22.6. The number of anilines is 3. The summed E-state index contributed by atoms with van der Waals surface area (Å²) in [6, 6.07) is 81.8. The SMILES string of the molecule is C1=C2Sc3cc(N(c4ccc(-c5ccccc5)cc4)c4ccc(-c5ccccc5)cc4)ccc3C2CC(n2c3ccc(-c4ccccc4)cc3c3ccc(-c4ccccc4)cc32)=C1. The highest BCUT2D eigenvalue weighted by atomic mass is 32.2. The van der Waals surface area contributed by atoms with Crippen molar-refractivity contribution >= 4 is 56.3 Å². The molecule has 0 bridgehead atoms. The first-order chi connectivity index (χ1) is 31.2. The third kappa shape index (κ3) is 6.79. The number of aromatic nitrogens is 1. The van der Waals surface area contributed by atoms with Gasteiger partial charge in [0.2, 0.25) is 0 Å². The third-order valence-electron chi connectivity index (χ3n) is 12.8. The van der Waals surface area contributed by atoms with Gasteiger partial charge in [-0.15, -0.1) is 0 Å². The Labute approximate surface area is 372 Å². The second-order valence-corrected chi connectivity index (χ2v) is 17.6. The molecular weight excluding hydrogens is 781 g/mol.